The minimum Gasteiger partial charge on any atom is -0.357 e. The monoisotopic (exact) mass is 502 g/mol. The van der Waals surface area contributed by atoms with Gasteiger partial charge in [-0.1, -0.05) is 13.3 Å². The molecule has 6 nitrogen and oxygen atoms in total. The summed E-state index contributed by atoms with van der Waals surface area (Å²) in [6.07, 6.45) is 4.72. The Morgan fingerprint density at radius 1 is 1.19 bits per heavy atom. The average Bonchev–Trinajstić information content (AvgIpc) is 2.53. The second-order valence-electron chi connectivity index (χ2n) is 7.81. The third-order valence-electron chi connectivity index (χ3n) is 4.66. The zero-order chi connectivity index (χ0) is 18.9. The summed E-state index contributed by atoms with van der Waals surface area (Å²) >= 11 is 0. The Kier molecular flexibility index (Phi) is 12.3. The van der Waals surface area contributed by atoms with Gasteiger partial charge in [0.15, 0.2) is 15.8 Å². The maximum absolute atomic E-state index is 12.2. The van der Waals surface area contributed by atoms with Crippen LogP contribution in [0.4, 0.5) is 0 Å². The lowest BCUT2D eigenvalue weighted by atomic mass is 10.0. The van der Waals surface area contributed by atoms with Crippen LogP contribution >= 0.6 is 24.0 Å². The van der Waals surface area contributed by atoms with Gasteiger partial charge in [-0.2, -0.15) is 0 Å². The number of sulfone groups is 1. The molecule has 1 saturated heterocycles. The lowest BCUT2D eigenvalue weighted by Gasteiger charge is -2.33. The fraction of sp³-hybridized carbons (Fsp3) is 0.944. The highest BCUT2D eigenvalue weighted by Gasteiger charge is 2.28. The molecule has 1 rings (SSSR count). The standard InChI is InChI=1S/C18H38N4O2S.HI/c1-6-8-12-22-13-9-16(10-14-22)21-17(19-7-2)20-11-15-25(23,24)18(3,4)5;/h16H,6-15H2,1-5H3,(H2,19,20,21);1H. The van der Waals surface area contributed by atoms with Crippen LogP contribution in [0.25, 0.3) is 0 Å². The van der Waals surface area contributed by atoms with E-state index in [1.54, 1.807) is 20.8 Å². The van der Waals surface area contributed by atoms with Gasteiger partial charge >= 0.3 is 0 Å². The Bertz CT molecular complexity index is 510. The maximum atomic E-state index is 12.2. The van der Waals surface area contributed by atoms with Gasteiger partial charge in [-0.05, 0) is 53.5 Å². The van der Waals surface area contributed by atoms with Crippen molar-refractivity contribution in [2.45, 2.75) is 71.1 Å². The molecule has 8 heteroatoms. The number of unbranched alkanes of at least 4 members (excludes halogenated alkanes) is 1. The number of nitrogens with zero attached hydrogens (tertiary/aromatic N) is 2. The molecule has 156 valence electrons. The molecule has 0 atom stereocenters. The number of halogens is 1. The Morgan fingerprint density at radius 3 is 2.31 bits per heavy atom. The molecule has 0 aromatic heterocycles. The van der Waals surface area contributed by atoms with E-state index in [-0.39, 0.29) is 29.7 Å². The SMILES string of the molecule is CCCCN1CCC(NC(=NCCS(=O)(=O)C(C)(C)C)NCC)CC1.I. The molecule has 0 amide bonds. The molecular formula is C18H39IN4O2S. The number of aliphatic imine (C=N–C) groups is 1. The fourth-order valence-electron chi connectivity index (χ4n) is 2.78. The van der Waals surface area contributed by atoms with Crippen LogP contribution in [0, 0.1) is 0 Å². The average molecular weight is 503 g/mol. The summed E-state index contributed by atoms with van der Waals surface area (Å²) < 4.78 is 23.7. The van der Waals surface area contributed by atoms with Gasteiger partial charge in [0.05, 0.1) is 17.0 Å². The molecule has 0 unspecified atom stereocenters. The summed E-state index contributed by atoms with van der Waals surface area (Å²) in [4.78, 5) is 7.01. The predicted octanol–water partition coefficient (Wildman–Crippen LogP) is 2.64. The van der Waals surface area contributed by atoms with Gasteiger partial charge < -0.3 is 15.5 Å². The van der Waals surface area contributed by atoms with Gasteiger partial charge in [0, 0.05) is 25.7 Å². The van der Waals surface area contributed by atoms with Crippen molar-refractivity contribution in [2.24, 2.45) is 4.99 Å². The maximum Gasteiger partial charge on any atom is 0.191 e. The third kappa shape index (κ3) is 9.21. The summed E-state index contributed by atoms with van der Waals surface area (Å²) in [5.74, 6) is 0.821. The molecule has 0 radical (unpaired) electrons. The zero-order valence-corrected chi connectivity index (χ0v) is 20.3. The summed E-state index contributed by atoms with van der Waals surface area (Å²) in [5.41, 5.74) is 0. The third-order valence-corrected chi connectivity index (χ3v) is 7.25. The first kappa shape index (κ1) is 25.9. The second kappa shape index (κ2) is 12.4. The number of hydrogen-bond donors (Lipinski definition) is 2. The molecule has 1 heterocycles. The van der Waals surface area contributed by atoms with E-state index in [0.29, 0.717) is 12.6 Å². The van der Waals surface area contributed by atoms with Crippen LogP contribution in [0.15, 0.2) is 4.99 Å². The molecule has 1 fully saturated rings. The predicted molar refractivity (Wildman–Crippen MR) is 122 cm³/mol. The summed E-state index contributed by atoms with van der Waals surface area (Å²) in [6, 6.07) is 0.412. The van der Waals surface area contributed by atoms with E-state index in [4.69, 9.17) is 0 Å². The van der Waals surface area contributed by atoms with Gasteiger partial charge in [-0.15, -0.1) is 24.0 Å². The van der Waals surface area contributed by atoms with Crippen molar-refractivity contribution < 1.29 is 8.42 Å². The van der Waals surface area contributed by atoms with Crippen LogP contribution in [0.2, 0.25) is 0 Å². The van der Waals surface area contributed by atoms with Crippen molar-refractivity contribution in [1.82, 2.24) is 15.5 Å². The number of guanidine groups is 1. The van der Waals surface area contributed by atoms with Gasteiger partial charge in [-0.3, -0.25) is 4.99 Å². The Balaban J connectivity index is 0.00000625. The molecule has 0 aromatic rings. The topological polar surface area (TPSA) is 73.8 Å². The number of piperidine rings is 1. The molecule has 26 heavy (non-hydrogen) atoms. The van der Waals surface area contributed by atoms with Gasteiger partial charge in [0.1, 0.15) is 0 Å². The van der Waals surface area contributed by atoms with Crippen LogP contribution in [0.3, 0.4) is 0 Å². The van der Waals surface area contributed by atoms with Crippen molar-refractivity contribution in [1.29, 1.82) is 0 Å². The summed E-state index contributed by atoms with van der Waals surface area (Å²) in [7, 11) is -3.13. The quantitative estimate of drug-likeness (QED) is 0.303. The molecule has 0 spiro atoms. The lowest BCUT2D eigenvalue weighted by Crippen LogP contribution is -2.49. The molecule has 0 saturated carbocycles. The van der Waals surface area contributed by atoms with Crippen molar-refractivity contribution in [3.63, 3.8) is 0 Å². The number of hydrogen-bond acceptors (Lipinski definition) is 4. The number of likely N-dealkylation sites (tertiary alicyclic amines) is 1. The van der Waals surface area contributed by atoms with Gasteiger partial charge in [0.2, 0.25) is 0 Å². The van der Waals surface area contributed by atoms with Crippen molar-refractivity contribution >= 4 is 39.8 Å². The first-order chi connectivity index (χ1) is 11.7. The van der Waals surface area contributed by atoms with Crippen molar-refractivity contribution in [2.75, 3.05) is 38.5 Å². The first-order valence-corrected chi connectivity index (χ1v) is 11.3. The van der Waals surface area contributed by atoms with E-state index >= 15 is 0 Å². The summed E-state index contributed by atoms with van der Waals surface area (Å²) in [5, 5.41) is 6.71. The summed E-state index contributed by atoms with van der Waals surface area (Å²) in [6.45, 7) is 14.0. The lowest BCUT2D eigenvalue weighted by molar-refractivity contribution is 0.203. The zero-order valence-electron chi connectivity index (χ0n) is 17.2. The highest BCUT2D eigenvalue weighted by atomic mass is 127. The van der Waals surface area contributed by atoms with Gasteiger partial charge in [-0.25, -0.2) is 8.42 Å². The Morgan fingerprint density at radius 2 is 1.81 bits per heavy atom. The van der Waals surface area contributed by atoms with Crippen LogP contribution < -0.4 is 10.6 Å². The smallest absolute Gasteiger partial charge is 0.191 e. The second-order valence-corrected chi connectivity index (χ2v) is 10.7. The van der Waals surface area contributed by atoms with E-state index in [2.05, 4.69) is 27.4 Å². The molecule has 0 aromatic carbocycles. The van der Waals surface area contributed by atoms with Crippen LogP contribution in [-0.2, 0) is 9.84 Å². The highest BCUT2D eigenvalue weighted by molar-refractivity contribution is 14.0. The molecule has 0 bridgehead atoms. The minimum absolute atomic E-state index is 0. The molecule has 1 aliphatic heterocycles. The van der Waals surface area contributed by atoms with Crippen LogP contribution in [0.5, 0.6) is 0 Å². The van der Waals surface area contributed by atoms with E-state index in [9.17, 15) is 8.42 Å². The highest BCUT2D eigenvalue weighted by Crippen LogP contribution is 2.15. The minimum atomic E-state index is -3.13. The van der Waals surface area contributed by atoms with E-state index < -0.39 is 14.6 Å². The molecular weight excluding hydrogens is 463 g/mol. The molecule has 0 aliphatic carbocycles. The number of nitrogens with one attached hydrogen (secondary N) is 2. The fourth-order valence-corrected chi connectivity index (χ4v) is 3.72. The Hall–Kier alpha value is -0.0900. The van der Waals surface area contributed by atoms with Crippen molar-refractivity contribution in [3.8, 4) is 0 Å². The van der Waals surface area contributed by atoms with Gasteiger partial charge in [0.25, 0.3) is 0 Å². The normalized spacial score (nSPS) is 17.7. The largest absolute Gasteiger partial charge is 0.357 e. The van der Waals surface area contributed by atoms with Crippen LogP contribution in [-0.4, -0.2) is 68.5 Å². The Labute approximate surface area is 177 Å². The van der Waals surface area contributed by atoms with E-state index in [0.717, 1.165) is 38.4 Å². The van der Waals surface area contributed by atoms with Crippen LogP contribution in [0.1, 0.15) is 60.3 Å². The molecule has 2 N–H and O–H groups in total. The molecule has 1 aliphatic rings. The number of rotatable bonds is 8. The first-order valence-electron chi connectivity index (χ1n) is 9.69. The van der Waals surface area contributed by atoms with E-state index in [1.165, 1.54) is 19.4 Å². The van der Waals surface area contributed by atoms with E-state index in [1.807, 2.05) is 6.92 Å². The van der Waals surface area contributed by atoms with Crippen molar-refractivity contribution in [3.05, 3.63) is 0 Å².